The Morgan fingerprint density at radius 2 is 1.50 bits per heavy atom. The Balaban J connectivity index is 1.25. The quantitative estimate of drug-likeness (QED) is 0.419. The van der Waals surface area contributed by atoms with Gasteiger partial charge < -0.3 is 24.4 Å². The highest BCUT2D eigenvalue weighted by Gasteiger charge is 2.29. The number of hydrogen-bond acceptors (Lipinski definition) is 6. The number of anilines is 2. The smallest absolute Gasteiger partial charge is 0.411 e. The molecule has 2 aliphatic rings. The van der Waals surface area contributed by atoms with E-state index in [2.05, 4.69) is 17.4 Å². The van der Waals surface area contributed by atoms with Gasteiger partial charge in [0.15, 0.2) is 0 Å². The fourth-order valence-electron chi connectivity index (χ4n) is 5.22. The number of carbonyl (C=O) groups is 3. The molecule has 3 aromatic carbocycles. The topological polar surface area (TPSA) is 108 Å². The van der Waals surface area contributed by atoms with Gasteiger partial charge in [-0.1, -0.05) is 48.5 Å². The SMILES string of the molecule is CC(C)(C)OC(=O)N1CCN(c2cc(NC(=O)OCC3c4ccccc4-c4ccccc43)cc(C(=O)O)c2)CC1. The highest BCUT2D eigenvalue weighted by Crippen LogP contribution is 2.44. The van der Waals surface area contributed by atoms with Crippen LogP contribution in [0.25, 0.3) is 11.1 Å². The Morgan fingerprint density at radius 1 is 0.900 bits per heavy atom. The molecule has 1 aliphatic heterocycles. The molecule has 9 heteroatoms. The molecule has 40 heavy (non-hydrogen) atoms. The van der Waals surface area contributed by atoms with Crippen LogP contribution in [0.5, 0.6) is 0 Å². The number of benzene rings is 3. The fraction of sp³-hybridized carbons (Fsp3) is 0.323. The number of nitrogens with zero attached hydrogens (tertiary/aromatic N) is 2. The summed E-state index contributed by atoms with van der Waals surface area (Å²) in [5.41, 5.74) is 4.91. The Kier molecular flexibility index (Phi) is 7.38. The zero-order chi connectivity index (χ0) is 28.4. The Labute approximate surface area is 233 Å². The zero-order valence-corrected chi connectivity index (χ0v) is 22.8. The summed E-state index contributed by atoms with van der Waals surface area (Å²) in [6.45, 7) is 7.47. The molecule has 0 spiro atoms. The van der Waals surface area contributed by atoms with E-state index in [1.165, 1.54) is 6.07 Å². The standard InChI is InChI=1S/C31H33N3O6/c1-31(2,3)40-30(38)34-14-12-33(13-15-34)22-17-20(28(35)36)16-21(18-22)32-29(37)39-19-27-25-10-6-4-8-23(25)24-9-5-7-11-26(24)27/h4-11,16-18,27H,12-15,19H2,1-3H3,(H,32,37)(H,35,36). The molecule has 9 nitrogen and oxygen atoms in total. The third-order valence-electron chi connectivity index (χ3n) is 7.05. The van der Waals surface area contributed by atoms with Crippen LogP contribution in [0.1, 0.15) is 48.2 Å². The molecule has 1 saturated heterocycles. The molecule has 0 bridgehead atoms. The molecule has 0 radical (unpaired) electrons. The van der Waals surface area contributed by atoms with Crippen molar-refractivity contribution in [3.63, 3.8) is 0 Å². The summed E-state index contributed by atoms with van der Waals surface area (Å²) in [6, 6.07) is 20.9. The summed E-state index contributed by atoms with van der Waals surface area (Å²) in [5.74, 6) is -1.19. The molecule has 1 heterocycles. The van der Waals surface area contributed by atoms with Crippen molar-refractivity contribution in [1.29, 1.82) is 0 Å². The Hall–Kier alpha value is -4.53. The first-order valence-corrected chi connectivity index (χ1v) is 13.3. The number of rotatable bonds is 5. The number of piperazine rings is 1. The highest BCUT2D eigenvalue weighted by molar-refractivity contribution is 5.93. The van der Waals surface area contributed by atoms with Gasteiger partial charge in [0, 0.05) is 43.5 Å². The predicted molar refractivity (Wildman–Crippen MR) is 152 cm³/mol. The van der Waals surface area contributed by atoms with Crippen LogP contribution in [0.3, 0.4) is 0 Å². The van der Waals surface area contributed by atoms with Gasteiger partial charge in [-0.3, -0.25) is 5.32 Å². The van der Waals surface area contributed by atoms with Crippen LogP contribution in [-0.2, 0) is 9.47 Å². The molecule has 3 aromatic rings. The first-order chi connectivity index (χ1) is 19.1. The summed E-state index contributed by atoms with van der Waals surface area (Å²) < 4.78 is 11.1. The van der Waals surface area contributed by atoms with E-state index < -0.39 is 17.7 Å². The van der Waals surface area contributed by atoms with Crippen molar-refractivity contribution in [3.8, 4) is 11.1 Å². The molecule has 1 aliphatic carbocycles. The molecule has 208 valence electrons. The van der Waals surface area contributed by atoms with Gasteiger partial charge in [-0.25, -0.2) is 14.4 Å². The molecule has 2 N–H and O–H groups in total. The largest absolute Gasteiger partial charge is 0.478 e. The van der Waals surface area contributed by atoms with E-state index in [0.717, 1.165) is 22.3 Å². The number of carboxylic acid groups (broad SMARTS) is 1. The summed E-state index contributed by atoms with van der Waals surface area (Å²) in [6.07, 6.45) is -1.03. The molecule has 0 saturated carbocycles. The molecule has 5 rings (SSSR count). The van der Waals surface area contributed by atoms with E-state index in [9.17, 15) is 19.5 Å². The second kappa shape index (κ2) is 10.9. The average Bonchev–Trinajstić information content (AvgIpc) is 3.24. The number of hydrogen-bond donors (Lipinski definition) is 2. The lowest BCUT2D eigenvalue weighted by Crippen LogP contribution is -2.50. The van der Waals surface area contributed by atoms with Crippen molar-refractivity contribution < 1.29 is 29.0 Å². The molecule has 2 amide bonds. The maximum Gasteiger partial charge on any atom is 0.411 e. The third kappa shape index (κ3) is 5.88. The van der Waals surface area contributed by atoms with Crippen LogP contribution in [0.4, 0.5) is 21.0 Å². The Morgan fingerprint density at radius 3 is 2.08 bits per heavy atom. The van der Waals surface area contributed by atoms with Gasteiger partial charge in [0.1, 0.15) is 12.2 Å². The first kappa shape index (κ1) is 27.1. The van der Waals surface area contributed by atoms with Gasteiger partial charge >= 0.3 is 18.2 Å². The van der Waals surface area contributed by atoms with Gasteiger partial charge in [-0.05, 0) is 61.2 Å². The lowest BCUT2D eigenvalue weighted by molar-refractivity contribution is 0.0240. The average molecular weight is 544 g/mol. The van der Waals surface area contributed by atoms with Crippen molar-refractivity contribution in [2.75, 3.05) is 43.0 Å². The molecule has 1 fully saturated rings. The first-order valence-electron chi connectivity index (χ1n) is 13.3. The van der Waals surface area contributed by atoms with Gasteiger partial charge in [-0.2, -0.15) is 0 Å². The summed E-state index contributed by atoms with van der Waals surface area (Å²) in [5, 5.41) is 12.4. The summed E-state index contributed by atoms with van der Waals surface area (Å²) in [4.78, 5) is 40.7. The van der Waals surface area contributed by atoms with Crippen LogP contribution in [-0.4, -0.2) is 66.5 Å². The highest BCUT2D eigenvalue weighted by atomic mass is 16.6. The van der Waals surface area contributed by atoms with Crippen molar-refractivity contribution in [2.24, 2.45) is 0 Å². The maximum atomic E-state index is 12.8. The van der Waals surface area contributed by atoms with Crippen molar-refractivity contribution >= 4 is 29.5 Å². The van der Waals surface area contributed by atoms with Gasteiger partial charge in [-0.15, -0.1) is 0 Å². The molecule has 0 aromatic heterocycles. The van der Waals surface area contributed by atoms with Gasteiger partial charge in [0.05, 0.1) is 5.56 Å². The number of fused-ring (bicyclic) bond motifs is 3. The van der Waals surface area contributed by atoms with E-state index in [1.807, 2.05) is 62.1 Å². The van der Waals surface area contributed by atoms with Crippen LogP contribution in [0.2, 0.25) is 0 Å². The molecule has 0 unspecified atom stereocenters. The van der Waals surface area contributed by atoms with Crippen LogP contribution in [0.15, 0.2) is 66.7 Å². The number of ether oxygens (including phenoxy) is 2. The minimum absolute atomic E-state index is 0.0426. The van der Waals surface area contributed by atoms with E-state index in [0.29, 0.717) is 37.6 Å². The van der Waals surface area contributed by atoms with Crippen LogP contribution >= 0.6 is 0 Å². The minimum atomic E-state index is -1.11. The number of amides is 2. The number of carbonyl (C=O) groups excluding carboxylic acids is 2. The molecular weight excluding hydrogens is 510 g/mol. The number of aromatic carboxylic acids is 1. The van der Waals surface area contributed by atoms with Crippen molar-refractivity contribution in [1.82, 2.24) is 4.90 Å². The molecule has 0 atom stereocenters. The van der Waals surface area contributed by atoms with E-state index in [4.69, 9.17) is 9.47 Å². The van der Waals surface area contributed by atoms with Crippen LogP contribution < -0.4 is 10.2 Å². The fourth-order valence-corrected chi connectivity index (χ4v) is 5.22. The zero-order valence-electron chi connectivity index (χ0n) is 22.8. The predicted octanol–water partition coefficient (Wildman–Crippen LogP) is 5.80. The van der Waals surface area contributed by atoms with Crippen molar-refractivity contribution in [2.45, 2.75) is 32.3 Å². The third-order valence-corrected chi connectivity index (χ3v) is 7.05. The molecular formula is C31H33N3O6. The van der Waals surface area contributed by atoms with E-state index in [1.54, 1.807) is 17.0 Å². The second-order valence-corrected chi connectivity index (χ2v) is 11.0. The number of carboxylic acids is 1. The Bertz CT molecular complexity index is 1390. The monoisotopic (exact) mass is 543 g/mol. The summed E-state index contributed by atoms with van der Waals surface area (Å²) in [7, 11) is 0. The van der Waals surface area contributed by atoms with Gasteiger partial charge in [0.25, 0.3) is 0 Å². The summed E-state index contributed by atoms with van der Waals surface area (Å²) >= 11 is 0. The normalized spacial score (nSPS) is 14.8. The maximum absolute atomic E-state index is 12.8. The minimum Gasteiger partial charge on any atom is -0.478 e. The van der Waals surface area contributed by atoms with E-state index in [-0.39, 0.29) is 24.2 Å². The van der Waals surface area contributed by atoms with Gasteiger partial charge in [0.2, 0.25) is 0 Å². The van der Waals surface area contributed by atoms with Crippen LogP contribution in [0, 0.1) is 0 Å². The van der Waals surface area contributed by atoms with Crippen molar-refractivity contribution in [3.05, 3.63) is 83.4 Å². The van der Waals surface area contributed by atoms with E-state index >= 15 is 0 Å². The number of nitrogens with one attached hydrogen (secondary N) is 1. The lowest BCUT2D eigenvalue weighted by Gasteiger charge is -2.37. The lowest BCUT2D eigenvalue weighted by atomic mass is 9.98. The second-order valence-electron chi connectivity index (χ2n) is 11.0.